The molecule has 0 aliphatic carbocycles. The van der Waals surface area contributed by atoms with Crippen LogP contribution in [-0.2, 0) is 22.3 Å². The van der Waals surface area contributed by atoms with Crippen LogP contribution in [0, 0.1) is 0 Å². The Balaban J connectivity index is 1.66. The molecule has 24 heavy (non-hydrogen) atoms. The minimum atomic E-state index is -3.48. The smallest absolute Gasteiger partial charge is 0.238 e. The molecule has 0 amide bonds. The van der Waals surface area contributed by atoms with Crippen molar-refractivity contribution in [1.29, 1.82) is 0 Å². The predicted molar refractivity (Wildman–Crippen MR) is 98.2 cm³/mol. The highest BCUT2D eigenvalue weighted by Crippen LogP contribution is 2.14. The zero-order chi connectivity index (χ0) is 17.0. The zero-order valence-electron chi connectivity index (χ0n) is 12.8. The summed E-state index contributed by atoms with van der Waals surface area (Å²) in [6.07, 6.45) is 1.75. The number of hydrogen-bond donors (Lipinski definition) is 1. The Kier molecular flexibility index (Phi) is 5.01. The van der Waals surface area contributed by atoms with Gasteiger partial charge in [-0.3, -0.25) is 9.40 Å². The van der Waals surface area contributed by atoms with E-state index >= 15 is 0 Å². The number of nitrogens with zero attached hydrogens (tertiary/aromatic N) is 2. The summed E-state index contributed by atoms with van der Waals surface area (Å²) in [5.41, 5.74) is 1.82. The molecular weight excluding hydrogens is 390 g/mol. The molecule has 3 rings (SSSR count). The summed E-state index contributed by atoms with van der Waals surface area (Å²) in [5.74, 6) is 0.246. The van der Waals surface area contributed by atoms with Crippen LogP contribution in [0.3, 0.4) is 0 Å². The predicted octanol–water partition coefficient (Wildman–Crippen LogP) is 3.64. The average Bonchev–Trinajstić information content (AvgIpc) is 2.96. The van der Waals surface area contributed by atoms with E-state index in [-0.39, 0.29) is 5.75 Å². The third kappa shape index (κ3) is 4.69. The molecule has 0 radical (unpaired) electrons. The highest BCUT2D eigenvalue weighted by atomic mass is 79.9. The summed E-state index contributed by atoms with van der Waals surface area (Å²) >= 11 is 3.40. The van der Waals surface area contributed by atoms with Gasteiger partial charge in [0.25, 0.3) is 0 Å². The number of sulfonamides is 1. The fourth-order valence-corrected chi connectivity index (χ4v) is 3.67. The molecule has 0 saturated carbocycles. The van der Waals surface area contributed by atoms with E-state index in [0.717, 1.165) is 15.6 Å². The molecule has 7 heteroatoms. The molecule has 0 aliphatic rings. The maximum atomic E-state index is 12.2. The highest BCUT2D eigenvalue weighted by Gasteiger charge is 2.13. The topological polar surface area (TPSA) is 64.0 Å². The van der Waals surface area contributed by atoms with Crippen molar-refractivity contribution in [3.8, 4) is 0 Å². The number of halogens is 1. The summed E-state index contributed by atoms with van der Waals surface area (Å²) in [7, 11) is -3.48. The summed E-state index contributed by atoms with van der Waals surface area (Å²) in [6.45, 7) is 0.577. The second kappa shape index (κ2) is 7.19. The minimum absolute atomic E-state index is 0.0760. The normalized spacial score (nSPS) is 11.4. The first kappa shape index (κ1) is 16.7. The average molecular weight is 406 g/mol. The van der Waals surface area contributed by atoms with Gasteiger partial charge < -0.3 is 0 Å². The molecule has 1 N–H and O–H groups in total. The second-order valence-corrected chi connectivity index (χ2v) is 8.01. The number of aromatic nitrogens is 2. The van der Waals surface area contributed by atoms with Gasteiger partial charge >= 0.3 is 0 Å². The quantitative estimate of drug-likeness (QED) is 0.680. The molecule has 0 aliphatic heterocycles. The molecule has 0 spiro atoms. The number of rotatable bonds is 6. The van der Waals surface area contributed by atoms with Crippen LogP contribution in [0.15, 0.2) is 71.3 Å². The molecule has 3 aromatic rings. The molecule has 2 aromatic carbocycles. The van der Waals surface area contributed by atoms with Crippen molar-refractivity contribution in [2.45, 2.75) is 12.3 Å². The van der Waals surface area contributed by atoms with Gasteiger partial charge in [-0.1, -0.05) is 58.4 Å². The Morgan fingerprint density at radius 3 is 2.38 bits per heavy atom. The largest absolute Gasteiger partial charge is 0.266 e. The molecule has 0 fully saturated rings. The van der Waals surface area contributed by atoms with Crippen molar-refractivity contribution in [2.24, 2.45) is 0 Å². The molecule has 1 aromatic heterocycles. The van der Waals surface area contributed by atoms with Crippen LogP contribution in [0.4, 0.5) is 5.82 Å². The Morgan fingerprint density at radius 2 is 1.67 bits per heavy atom. The fraction of sp³-hybridized carbons (Fsp3) is 0.118. The van der Waals surface area contributed by atoms with E-state index in [9.17, 15) is 8.42 Å². The van der Waals surface area contributed by atoms with Crippen molar-refractivity contribution in [1.82, 2.24) is 9.78 Å². The van der Waals surface area contributed by atoms with Gasteiger partial charge in [0.15, 0.2) is 5.82 Å². The SMILES string of the molecule is O=S(=O)(Cc1ccccc1)Nc1ccn(Cc2ccc(Br)cc2)n1. The van der Waals surface area contributed by atoms with Gasteiger partial charge in [0.1, 0.15) is 0 Å². The third-order valence-corrected chi connectivity index (χ3v) is 5.12. The maximum absolute atomic E-state index is 12.2. The van der Waals surface area contributed by atoms with Gasteiger partial charge in [0.05, 0.1) is 12.3 Å². The first-order valence-corrected chi connectivity index (χ1v) is 9.77. The Morgan fingerprint density at radius 1 is 0.958 bits per heavy atom. The van der Waals surface area contributed by atoms with Crippen LogP contribution in [-0.4, -0.2) is 18.2 Å². The van der Waals surface area contributed by atoms with Crippen LogP contribution in [0.5, 0.6) is 0 Å². The first-order chi connectivity index (χ1) is 11.5. The van der Waals surface area contributed by atoms with E-state index < -0.39 is 10.0 Å². The molecule has 124 valence electrons. The number of benzene rings is 2. The van der Waals surface area contributed by atoms with Crippen LogP contribution < -0.4 is 4.72 Å². The Labute approximate surface area is 149 Å². The summed E-state index contributed by atoms with van der Waals surface area (Å²) in [5, 5.41) is 4.27. The zero-order valence-corrected chi connectivity index (χ0v) is 15.2. The van der Waals surface area contributed by atoms with Crippen molar-refractivity contribution in [3.63, 3.8) is 0 Å². The van der Waals surface area contributed by atoms with Gasteiger partial charge in [-0.25, -0.2) is 8.42 Å². The molecule has 0 unspecified atom stereocenters. The molecule has 5 nitrogen and oxygen atoms in total. The Bertz CT molecular complexity index is 907. The Hall–Kier alpha value is -2.12. The van der Waals surface area contributed by atoms with Gasteiger partial charge in [0, 0.05) is 16.7 Å². The van der Waals surface area contributed by atoms with Crippen molar-refractivity contribution in [2.75, 3.05) is 4.72 Å². The lowest BCUT2D eigenvalue weighted by atomic mass is 10.2. The molecular formula is C17H16BrN3O2S. The maximum Gasteiger partial charge on any atom is 0.238 e. The van der Waals surface area contributed by atoms with Crippen LogP contribution in [0.1, 0.15) is 11.1 Å². The van der Waals surface area contributed by atoms with Crippen molar-refractivity contribution >= 4 is 31.8 Å². The minimum Gasteiger partial charge on any atom is -0.266 e. The van der Waals surface area contributed by atoms with Crippen LogP contribution >= 0.6 is 15.9 Å². The monoisotopic (exact) mass is 405 g/mol. The molecule has 0 bridgehead atoms. The molecule has 1 heterocycles. The van der Waals surface area contributed by atoms with E-state index in [2.05, 4.69) is 25.8 Å². The lowest BCUT2D eigenvalue weighted by Gasteiger charge is -2.06. The molecule has 0 saturated heterocycles. The fourth-order valence-electron chi connectivity index (χ4n) is 2.27. The standard InChI is InChI=1S/C17H16BrN3O2S/c18-16-8-6-14(7-9-16)12-21-11-10-17(19-21)20-24(22,23)13-15-4-2-1-3-5-15/h1-11H,12-13H2,(H,19,20). The lowest BCUT2D eigenvalue weighted by molar-refractivity contribution is 0.600. The number of anilines is 1. The van der Waals surface area contributed by atoms with Crippen molar-refractivity contribution < 1.29 is 8.42 Å². The van der Waals surface area contributed by atoms with Gasteiger partial charge in [-0.15, -0.1) is 0 Å². The van der Waals surface area contributed by atoms with Crippen LogP contribution in [0.2, 0.25) is 0 Å². The summed E-state index contributed by atoms with van der Waals surface area (Å²) < 4.78 is 29.6. The van der Waals surface area contributed by atoms with Gasteiger partial charge in [0.2, 0.25) is 10.0 Å². The third-order valence-electron chi connectivity index (χ3n) is 3.36. The first-order valence-electron chi connectivity index (χ1n) is 7.32. The number of nitrogens with one attached hydrogen (secondary N) is 1. The van der Waals surface area contributed by atoms with E-state index in [1.807, 2.05) is 42.5 Å². The van der Waals surface area contributed by atoms with Gasteiger partial charge in [-0.2, -0.15) is 5.10 Å². The summed E-state index contributed by atoms with van der Waals surface area (Å²) in [4.78, 5) is 0. The van der Waals surface area contributed by atoms with E-state index in [1.54, 1.807) is 29.1 Å². The molecule has 0 atom stereocenters. The van der Waals surface area contributed by atoms with Gasteiger partial charge in [-0.05, 0) is 23.3 Å². The highest BCUT2D eigenvalue weighted by molar-refractivity contribution is 9.10. The number of hydrogen-bond acceptors (Lipinski definition) is 3. The van der Waals surface area contributed by atoms with E-state index in [4.69, 9.17) is 0 Å². The summed E-state index contributed by atoms with van der Waals surface area (Å²) in [6, 6.07) is 18.6. The second-order valence-electron chi connectivity index (χ2n) is 5.37. The van der Waals surface area contributed by atoms with Crippen LogP contribution in [0.25, 0.3) is 0 Å². The van der Waals surface area contributed by atoms with Crippen molar-refractivity contribution in [3.05, 3.63) is 82.5 Å². The van der Waals surface area contributed by atoms with E-state index in [0.29, 0.717) is 12.4 Å². The van der Waals surface area contributed by atoms with E-state index in [1.165, 1.54) is 0 Å². The lowest BCUT2D eigenvalue weighted by Crippen LogP contribution is -2.15.